The van der Waals surface area contributed by atoms with Crippen LogP contribution >= 0.6 is 0 Å². The smallest absolute Gasteiger partial charge is 0.276 e. The molecule has 0 spiro atoms. The third-order valence-electron chi connectivity index (χ3n) is 3.64. The van der Waals surface area contributed by atoms with E-state index in [1.807, 2.05) is 0 Å². The van der Waals surface area contributed by atoms with Gasteiger partial charge in [0, 0.05) is 13.2 Å². The highest BCUT2D eigenvalue weighted by molar-refractivity contribution is 5.52. The third-order valence-corrected chi connectivity index (χ3v) is 3.64. The van der Waals surface area contributed by atoms with Gasteiger partial charge in [0.2, 0.25) is 0 Å². The highest BCUT2D eigenvalue weighted by Gasteiger charge is 2.26. The fourth-order valence-corrected chi connectivity index (χ4v) is 2.59. The molecule has 1 heterocycles. The van der Waals surface area contributed by atoms with Gasteiger partial charge in [-0.25, -0.2) is 4.98 Å². The van der Waals surface area contributed by atoms with Crippen molar-refractivity contribution in [2.45, 2.75) is 19.3 Å². The van der Waals surface area contributed by atoms with Gasteiger partial charge in [0.25, 0.3) is 5.69 Å². The molecule has 0 aliphatic heterocycles. The normalized spacial score (nSPS) is 22.4. The summed E-state index contributed by atoms with van der Waals surface area (Å²) >= 11 is 0. The van der Waals surface area contributed by atoms with Crippen molar-refractivity contribution >= 4 is 17.3 Å². The molecule has 2 atom stereocenters. The van der Waals surface area contributed by atoms with E-state index in [1.165, 1.54) is 12.1 Å². The summed E-state index contributed by atoms with van der Waals surface area (Å²) in [6.07, 6.45) is 3.21. The van der Waals surface area contributed by atoms with Gasteiger partial charge in [-0.2, -0.15) is 0 Å². The van der Waals surface area contributed by atoms with Gasteiger partial charge in [0.15, 0.2) is 0 Å². The monoisotopic (exact) mass is 266 g/mol. The van der Waals surface area contributed by atoms with Crippen molar-refractivity contribution in [3.05, 3.63) is 22.2 Å². The molecular formula is C12H18N4O3. The van der Waals surface area contributed by atoms with Crippen LogP contribution in [-0.4, -0.2) is 28.2 Å². The predicted octanol–water partition coefficient (Wildman–Crippen LogP) is 1.39. The lowest BCUT2D eigenvalue weighted by Gasteiger charge is -2.18. The minimum absolute atomic E-state index is 0.0693. The van der Waals surface area contributed by atoms with Crippen LogP contribution in [0.1, 0.15) is 19.3 Å². The number of nitrogens with two attached hydrogens (primary N) is 1. The molecule has 1 aliphatic carbocycles. The van der Waals surface area contributed by atoms with E-state index in [9.17, 15) is 15.2 Å². The van der Waals surface area contributed by atoms with Crippen molar-refractivity contribution < 1.29 is 10.0 Å². The van der Waals surface area contributed by atoms with Crippen molar-refractivity contribution in [2.24, 2.45) is 11.8 Å². The summed E-state index contributed by atoms with van der Waals surface area (Å²) < 4.78 is 0. The summed E-state index contributed by atoms with van der Waals surface area (Å²) in [7, 11) is 0. The lowest BCUT2D eigenvalue weighted by molar-refractivity contribution is -0.384. The first-order valence-electron chi connectivity index (χ1n) is 6.37. The number of nitrogen functional groups attached to an aromatic ring is 1. The van der Waals surface area contributed by atoms with E-state index in [0.717, 1.165) is 19.3 Å². The van der Waals surface area contributed by atoms with Crippen LogP contribution in [0.25, 0.3) is 0 Å². The first kappa shape index (κ1) is 13.5. The molecule has 1 aliphatic rings. The summed E-state index contributed by atoms with van der Waals surface area (Å²) in [5.41, 5.74) is 5.47. The molecule has 19 heavy (non-hydrogen) atoms. The van der Waals surface area contributed by atoms with Gasteiger partial charge in [-0.3, -0.25) is 10.1 Å². The Morgan fingerprint density at radius 3 is 2.89 bits per heavy atom. The van der Waals surface area contributed by atoms with Crippen LogP contribution < -0.4 is 11.1 Å². The topological polar surface area (TPSA) is 114 Å². The van der Waals surface area contributed by atoms with E-state index >= 15 is 0 Å². The van der Waals surface area contributed by atoms with Crippen LogP contribution in [0.4, 0.5) is 17.3 Å². The number of rotatable bonds is 5. The van der Waals surface area contributed by atoms with Crippen LogP contribution in [-0.2, 0) is 0 Å². The third kappa shape index (κ3) is 3.31. The average Bonchev–Trinajstić information content (AvgIpc) is 2.83. The van der Waals surface area contributed by atoms with E-state index in [4.69, 9.17) is 5.73 Å². The minimum Gasteiger partial charge on any atom is -0.396 e. The highest BCUT2D eigenvalue weighted by Crippen LogP contribution is 2.31. The Balaban J connectivity index is 2.01. The molecule has 104 valence electrons. The van der Waals surface area contributed by atoms with Crippen molar-refractivity contribution in [3.8, 4) is 0 Å². The van der Waals surface area contributed by atoms with E-state index < -0.39 is 4.92 Å². The van der Waals surface area contributed by atoms with E-state index in [-0.39, 0.29) is 18.1 Å². The van der Waals surface area contributed by atoms with Gasteiger partial charge in [-0.1, -0.05) is 6.42 Å². The van der Waals surface area contributed by atoms with Crippen LogP contribution in [0.15, 0.2) is 12.1 Å². The van der Waals surface area contributed by atoms with Crippen molar-refractivity contribution in [1.82, 2.24) is 4.98 Å². The second-order valence-corrected chi connectivity index (χ2v) is 4.91. The Morgan fingerprint density at radius 2 is 2.21 bits per heavy atom. The molecule has 0 amide bonds. The Kier molecular flexibility index (Phi) is 4.16. The zero-order chi connectivity index (χ0) is 13.8. The molecule has 1 aromatic heterocycles. The number of nitro groups is 1. The zero-order valence-corrected chi connectivity index (χ0v) is 10.6. The molecule has 7 heteroatoms. The standard InChI is InChI=1S/C12H18N4O3/c13-11-4-10(16(18)19)5-12(15-11)14-6-8-2-1-3-9(8)7-17/h4-5,8-9,17H,1-3,6-7H2,(H3,13,14,15). The fraction of sp³-hybridized carbons (Fsp3) is 0.583. The Morgan fingerprint density at radius 1 is 1.47 bits per heavy atom. The molecule has 4 N–H and O–H groups in total. The largest absolute Gasteiger partial charge is 0.396 e. The quantitative estimate of drug-likeness (QED) is 0.548. The van der Waals surface area contributed by atoms with Gasteiger partial charge in [0.05, 0.1) is 17.1 Å². The average molecular weight is 266 g/mol. The fourth-order valence-electron chi connectivity index (χ4n) is 2.59. The highest BCUT2D eigenvalue weighted by atomic mass is 16.6. The molecule has 0 radical (unpaired) electrons. The molecule has 1 saturated carbocycles. The number of hydrogen-bond acceptors (Lipinski definition) is 6. The minimum atomic E-state index is -0.491. The van der Waals surface area contributed by atoms with Crippen LogP contribution in [0, 0.1) is 22.0 Å². The van der Waals surface area contributed by atoms with E-state index in [2.05, 4.69) is 10.3 Å². The number of aliphatic hydroxyl groups is 1. The predicted molar refractivity (Wildman–Crippen MR) is 71.7 cm³/mol. The van der Waals surface area contributed by atoms with Crippen LogP contribution in [0.3, 0.4) is 0 Å². The number of nitrogens with zero attached hydrogens (tertiary/aromatic N) is 2. The molecule has 1 aromatic rings. The lowest BCUT2D eigenvalue weighted by Crippen LogP contribution is -2.21. The molecule has 2 rings (SSSR count). The number of hydrogen-bond donors (Lipinski definition) is 3. The Hall–Kier alpha value is -1.89. The summed E-state index contributed by atoms with van der Waals surface area (Å²) in [6.45, 7) is 0.843. The first-order chi connectivity index (χ1) is 9.10. The number of aliphatic hydroxyl groups excluding tert-OH is 1. The molecule has 2 unspecified atom stereocenters. The summed E-state index contributed by atoms with van der Waals surface area (Å²) in [6, 6.07) is 2.61. The Bertz CT molecular complexity index is 466. The van der Waals surface area contributed by atoms with Crippen molar-refractivity contribution in [2.75, 3.05) is 24.2 Å². The first-order valence-corrected chi connectivity index (χ1v) is 6.37. The SMILES string of the molecule is Nc1cc([N+](=O)[O-])cc(NCC2CCCC2CO)n1. The van der Waals surface area contributed by atoms with E-state index in [0.29, 0.717) is 24.2 Å². The van der Waals surface area contributed by atoms with Crippen molar-refractivity contribution in [1.29, 1.82) is 0 Å². The van der Waals surface area contributed by atoms with Gasteiger partial charge in [-0.15, -0.1) is 0 Å². The van der Waals surface area contributed by atoms with Gasteiger partial charge in [-0.05, 0) is 24.7 Å². The molecule has 7 nitrogen and oxygen atoms in total. The van der Waals surface area contributed by atoms with Gasteiger partial charge in [0.1, 0.15) is 11.6 Å². The van der Waals surface area contributed by atoms with Crippen molar-refractivity contribution in [3.63, 3.8) is 0 Å². The Labute approximate surface area is 111 Å². The second kappa shape index (κ2) is 5.83. The molecule has 1 fully saturated rings. The summed E-state index contributed by atoms with van der Waals surface area (Å²) in [5, 5.41) is 23.0. The maximum atomic E-state index is 10.7. The van der Waals surface area contributed by atoms with Crippen LogP contribution in [0.2, 0.25) is 0 Å². The van der Waals surface area contributed by atoms with Gasteiger partial charge >= 0.3 is 0 Å². The maximum absolute atomic E-state index is 10.7. The van der Waals surface area contributed by atoms with Gasteiger partial charge < -0.3 is 16.2 Å². The molecule has 0 saturated heterocycles. The summed E-state index contributed by atoms with van der Waals surface area (Å²) in [5.74, 6) is 1.23. The maximum Gasteiger partial charge on any atom is 0.276 e. The number of nitrogens with one attached hydrogen (secondary N) is 1. The number of anilines is 2. The van der Waals surface area contributed by atoms with Crippen LogP contribution in [0.5, 0.6) is 0 Å². The zero-order valence-electron chi connectivity index (χ0n) is 10.6. The summed E-state index contributed by atoms with van der Waals surface area (Å²) in [4.78, 5) is 14.3. The lowest BCUT2D eigenvalue weighted by atomic mass is 9.97. The van der Waals surface area contributed by atoms with E-state index in [1.54, 1.807) is 0 Å². The number of pyridine rings is 1. The second-order valence-electron chi connectivity index (χ2n) is 4.91. The molecule has 0 aromatic carbocycles. The molecular weight excluding hydrogens is 248 g/mol. The molecule has 0 bridgehead atoms. The number of aromatic nitrogens is 1.